The number of ether oxygens (including phenoxy) is 1. The number of methoxy groups -OCH3 is 1. The smallest absolute Gasteiger partial charge is 0.338 e. The average molecular weight is 291 g/mol. The van der Waals surface area contributed by atoms with Gasteiger partial charge in [-0.1, -0.05) is 0 Å². The zero-order valence-electron chi connectivity index (χ0n) is 11.0. The second kappa shape index (κ2) is 5.75. The molecule has 1 aromatic heterocycles. The van der Waals surface area contributed by atoms with Crippen molar-refractivity contribution in [2.45, 2.75) is 6.92 Å². The number of anilines is 1. The van der Waals surface area contributed by atoms with Gasteiger partial charge in [0.05, 0.1) is 12.7 Å². The van der Waals surface area contributed by atoms with Crippen LogP contribution in [0.3, 0.4) is 0 Å². The van der Waals surface area contributed by atoms with E-state index in [-0.39, 0.29) is 11.5 Å². The molecule has 1 aromatic carbocycles. The van der Waals surface area contributed by atoms with Crippen LogP contribution in [0.5, 0.6) is 5.75 Å². The summed E-state index contributed by atoms with van der Waals surface area (Å²) in [5.41, 5.74) is 0.544. The van der Waals surface area contributed by atoms with Crippen molar-refractivity contribution in [2.75, 3.05) is 12.4 Å². The molecule has 5 nitrogen and oxygen atoms in total. The van der Waals surface area contributed by atoms with Gasteiger partial charge in [-0.05, 0) is 37.3 Å². The van der Waals surface area contributed by atoms with Crippen LogP contribution < -0.4 is 10.1 Å². The van der Waals surface area contributed by atoms with Crippen LogP contribution in [-0.2, 0) is 0 Å². The average Bonchev–Trinajstić information content (AvgIpc) is 2.80. The Balaban J connectivity index is 2.20. The molecule has 1 amide bonds. The second-order valence-electron chi connectivity index (χ2n) is 4.09. The molecule has 1 heterocycles. The molecular formula is C14H13NO4S. The molecule has 0 atom stereocenters. The first kappa shape index (κ1) is 14.1. The van der Waals surface area contributed by atoms with Gasteiger partial charge in [-0.2, -0.15) is 0 Å². The number of carboxylic acids is 1. The fourth-order valence-electron chi connectivity index (χ4n) is 1.68. The molecule has 0 unspecified atom stereocenters. The molecular weight excluding hydrogens is 278 g/mol. The van der Waals surface area contributed by atoms with E-state index in [1.165, 1.54) is 17.4 Å². The molecule has 0 saturated heterocycles. The maximum atomic E-state index is 12.1. The Morgan fingerprint density at radius 1 is 1.25 bits per heavy atom. The highest BCUT2D eigenvalue weighted by Crippen LogP contribution is 2.28. The van der Waals surface area contributed by atoms with Crippen molar-refractivity contribution >= 4 is 28.2 Å². The van der Waals surface area contributed by atoms with E-state index >= 15 is 0 Å². The predicted molar refractivity (Wildman–Crippen MR) is 77.0 cm³/mol. The second-order valence-corrected chi connectivity index (χ2v) is 5.34. The van der Waals surface area contributed by atoms with Crippen LogP contribution in [0.1, 0.15) is 25.6 Å². The zero-order valence-corrected chi connectivity index (χ0v) is 11.8. The number of thiophene rings is 1. The van der Waals surface area contributed by atoms with Crippen molar-refractivity contribution in [2.24, 2.45) is 0 Å². The number of benzene rings is 1. The Morgan fingerprint density at radius 3 is 2.45 bits per heavy atom. The Hall–Kier alpha value is -2.34. The number of aryl methyl sites for hydroxylation is 1. The maximum Gasteiger partial charge on any atom is 0.338 e. The Bertz CT molecular complexity index is 646. The van der Waals surface area contributed by atoms with Crippen molar-refractivity contribution in [1.82, 2.24) is 0 Å². The predicted octanol–water partition coefficient (Wildman–Crippen LogP) is 3.02. The van der Waals surface area contributed by atoms with E-state index in [0.717, 1.165) is 4.88 Å². The fraction of sp³-hybridized carbons (Fsp3) is 0.143. The monoisotopic (exact) mass is 291 g/mol. The SMILES string of the molecule is COc1ccc(C(=O)Nc2sc(C)cc2C(=O)O)cc1. The van der Waals surface area contributed by atoms with E-state index in [4.69, 9.17) is 9.84 Å². The van der Waals surface area contributed by atoms with E-state index in [1.807, 2.05) is 0 Å². The van der Waals surface area contributed by atoms with Gasteiger partial charge >= 0.3 is 5.97 Å². The summed E-state index contributed by atoms with van der Waals surface area (Å²) in [7, 11) is 1.54. The highest BCUT2D eigenvalue weighted by Gasteiger charge is 2.16. The summed E-state index contributed by atoms with van der Waals surface area (Å²) in [4.78, 5) is 24.0. The van der Waals surface area contributed by atoms with Crippen LogP contribution in [-0.4, -0.2) is 24.1 Å². The summed E-state index contributed by atoms with van der Waals surface area (Å²) in [6.07, 6.45) is 0. The number of hydrogen-bond donors (Lipinski definition) is 2. The summed E-state index contributed by atoms with van der Waals surface area (Å²) < 4.78 is 5.01. The van der Waals surface area contributed by atoms with Crippen LogP contribution in [0.2, 0.25) is 0 Å². The van der Waals surface area contributed by atoms with Gasteiger partial charge in [0.15, 0.2) is 0 Å². The fourth-order valence-corrected chi connectivity index (χ4v) is 2.58. The first-order valence-electron chi connectivity index (χ1n) is 5.80. The van der Waals surface area contributed by atoms with Crippen LogP contribution >= 0.6 is 11.3 Å². The Morgan fingerprint density at radius 2 is 1.90 bits per heavy atom. The van der Waals surface area contributed by atoms with E-state index in [9.17, 15) is 9.59 Å². The minimum atomic E-state index is -1.06. The molecule has 104 valence electrons. The van der Waals surface area contributed by atoms with Gasteiger partial charge < -0.3 is 15.2 Å². The first-order valence-corrected chi connectivity index (χ1v) is 6.62. The molecule has 20 heavy (non-hydrogen) atoms. The number of carbonyl (C=O) groups is 2. The summed E-state index contributed by atoms with van der Waals surface area (Å²) in [6, 6.07) is 8.13. The van der Waals surface area contributed by atoms with Gasteiger partial charge in [-0.15, -0.1) is 11.3 Å². The maximum absolute atomic E-state index is 12.1. The number of aromatic carboxylic acids is 1. The highest BCUT2D eigenvalue weighted by molar-refractivity contribution is 7.16. The molecule has 2 aromatic rings. The van der Waals surface area contributed by atoms with Crippen LogP contribution in [0, 0.1) is 6.92 Å². The summed E-state index contributed by atoms with van der Waals surface area (Å²) >= 11 is 1.24. The molecule has 0 saturated carbocycles. The molecule has 0 radical (unpaired) electrons. The first-order chi connectivity index (χ1) is 9.51. The number of amides is 1. The summed E-state index contributed by atoms with van der Waals surface area (Å²) in [6.45, 7) is 1.79. The molecule has 0 aliphatic rings. The lowest BCUT2D eigenvalue weighted by Crippen LogP contribution is -2.13. The van der Waals surface area contributed by atoms with Crippen molar-refractivity contribution in [3.8, 4) is 5.75 Å². The molecule has 0 aliphatic heterocycles. The van der Waals surface area contributed by atoms with E-state index in [2.05, 4.69) is 5.32 Å². The summed E-state index contributed by atoms with van der Waals surface area (Å²) in [5, 5.41) is 12.0. The third kappa shape index (κ3) is 2.97. The van der Waals surface area contributed by atoms with Crippen molar-refractivity contribution in [1.29, 1.82) is 0 Å². The van der Waals surface area contributed by atoms with Crippen LogP contribution in [0.15, 0.2) is 30.3 Å². The van der Waals surface area contributed by atoms with Crippen molar-refractivity contribution in [3.05, 3.63) is 46.3 Å². The Labute approximate surface area is 119 Å². The van der Waals surface area contributed by atoms with E-state index in [0.29, 0.717) is 16.3 Å². The summed E-state index contributed by atoms with van der Waals surface area (Å²) in [5.74, 6) is -0.754. The third-order valence-electron chi connectivity index (χ3n) is 2.66. The molecule has 6 heteroatoms. The molecule has 2 N–H and O–H groups in total. The van der Waals surface area contributed by atoms with Gasteiger partial charge in [0.2, 0.25) is 0 Å². The molecule has 0 aliphatic carbocycles. The Kier molecular flexibility index (Phi) is 4.05. The van der Waals surface area contributed by atoms with Crippen molar-refractivity contribution in [3.63, 3.8) is 0 Å². The largest absolute Gasteiger partial charge is 0.497 e. The molecule has 0 fully saturated rings. The minimum absolute atomic E-state index is 0.106. The third-order valence-corrected chi connectivity index (χ3v) is 3.63. The number of carbonyl (C=O) groups excluding carboxylic acids is 1. The van der Waals surface area contributed by atoms with Gasteiger partial charge in [-0.25, -0.2) is 4.79 Å². The number of rotatable bonds is 4. The lowest BCUT2D eigenvalue weighted by Gasteiger charge is -2.05. The number of carboxylic acid groups (broad SMARTS) is 1. The topological polar surface area (TPSA) is 75.6 Å². The quantitative estimate of drug-likeness (QED) is 0.908. The number of nitrogens with one attached hydrogen (secondary N) is 1. The van der Waals surface area contributed by atoms with Gasteiger partial charge in [0.1, 0.15) is 10.8 Å². The van der Waals surface area contributed by atoms with Gasteiger partial charge in [-0.3, -0.25) is 4.79 Å². The van der Waals surface area contributed by atoms with E-state index in [1.54, 1.807) is 38.3 Å². The molecule has 0 bridgehead atoms. The number of hydrogen-bond acceptors (Lipinski definition) is 4. The molecule has 2 rings (SSSR count). The van der Waals surface area contributed by atoms with Gasteiger partial charge in [0, 0.05) is 10.4 Å². The van der Waals surface area contributed by atoms with Crippen molar-refractivity contribution < 1.29 is 19.4 Å². The lowest BCUT2D eigenvalue weighted by molar-refractivity contribution is 0.0698. The lowest BCUT2D eigenvalue weighted by atomic mass is 10.2. The van der Waals surface area contributed by atoms with E-state index < -0.39 is 5.97 Å². The normalized spacial score (nSPS) is 10.1. The zero-order chi connectivity index (χ0) is 14.7. The van der Waals surface area contributed by atoms with Crippen LogP contribution in [0.4, 0.5) is 5.00 Å². The van der Waals surface area contributed by atoms with Gasteiger partial charge in [0.25, 0.3) is 5.91 Å². The highest BCUT2D eigenvalue weighted by atomic mass is 32.1. The minimum Gasteiger partial charge on any atom is -0.497 e. The molecule has 0 spiro atoms. The van der Waals surface area contributed by atoms with Crippen LogP contribution in [0.25, 0.3) is 0 Å². The standard InChI is InChI=1S/C14H13NO4S/c1-8-7-11(14(17)18)13(20-8)15-12(16)9-3-5-10(19-2)6-4-9/h3-7H,1-2H3,(H,15,16)(H,17,18).